The van der Waals surface area contributed by atoms with Gasteiger partial charge in [0.2, 0.25) is 0 Å². The number of likely N-dealkylation sites (N-methyl/N-ethyl adjacent to an activating group) is 1. The van der Waals surface area contributed by atoms with E-state index in [9.17, 15) is 9.59 Å². The summed E-state index contributed by atoms with van der Waals surface area (Å²) in [5.74, 6) is -0.354. The fourth-order valence-electron chi connectivity index (χ4n) is 3.32. The molecule has 0 unspecified atom stereocenters. The number of hydrogen-bond acceptors (Lipinski definition) is 5. The van der Waals surface area contributed by atoms with Crippen molar-refractivity contribution in [3.8, 4) is 5.75 Å². The van der Waals surface area contributed by atoms with E-state index in [0.717, 1.165) is 10.6 Å². The minimum atomic E-state index is -0.405. The van der Waals surface area contributed by atoms with E-state index in [2.05, 4.69) is 0 Å². The molecular formula is C24H19ClN2O3S. The summed E-state index contributed by atoms with van der Waals surface area (Å²) in [5.41, 5.74) is 1.52. The minimum Gasteiger partial charge on any atom is -0.495 e. The van der Waals surface area contributed by atoms with E-state index in [-0.39, 0.29) is 0 Å². The molecule has 0 spiro atoms. The number of hydrogen-bond donors (Lipinski definition) is 0. The highest BCUT2D eigenvalue weighted by Gasteiger charge is 2.43. The van der Waals surface area contributed by atoms with Crippen LogP contribution in [0.1, 0.15) is 0 Å². The van der Waals surface area contributed by atoms with Crippen LogP contribution in [0.25, 0.3) is 0 Å². The maximum atomic E-state index is 13.6. The lowest BCUT2D eigenvalue weighted by Crippen LogP contribution is -2.34. The smallest absolute Gasteiger partial charge is 0.283 e. The Kier molecular flexibility index (Phi) is 6.02. The SMILES string of the molecule is COc1ccccc1N1C(=O)C(Sc2ccc(Cl)cc2)=C(N(C)c2ccccc2)C1=O. The summed E-state index contributed by atoms with van der Waals surface area (Å²) in [5, 5.41) is 0.601. The molecule has 1 aliphatic heterocycles. The molecule has 0 fully saturated rings. The highest BCUT2D eigenvalue weighted by Crippen LogP contribution is 2.41. The van der Waals surface area contributed by atoms with Gasteiger partial charge in [-0.2, -0.15) is 0 Å². The van der Waals surface area contributed by atoms with Gasteiger partial charge in [-0.25, -0.2) is 4.90 Å². The lowest BCUT2D eigenvalue weighted by Gasteiger charge is -2.22. The molecule has 1 heterocycles. The molecule has 31 heavy (non-hydrogen) atoms. The number of imide groups is 1. The molecule has 4 rings (SSSR count). The standard InChI is InChI=1S/C24H19ClN2O3S/c1-26(17-8-4-3-5-9-17)21-22(31-18-14-12-16(25)13-15-18)24(29)27(23(21)28)19-10-6-7-11-20(19)30-2/h3-15H,1-2H3. The van der Waals surface area contributed by atoms with Crippen molar-refractivity contribution in [1.29, 1.82) is 0 Å². The van der Waals surface area contributed by atoms with E-state index in [0.29, 0.717) is 27.1 Å². The Labute approximate surface area is 189 Å². The van der Waals surface area contributed by atoms with Crippen LogP contribution < -0.4 is 14.5 Å². The average Bonchev–Trinajstić information content (AvgIpc) is 3.04. The normalized spacial score (nSPS) is 13.7. The van der Waals surface area contributed by atoms with E-state index in [1.807, 2.05) is 42.5 Å². The first-order chi connectivity index (χ1) is 15.0. The van der Waals surface area contributed by atoms with Crippen LogP contribution in [-0.2, 0) is 9.59 Å². The highest BCUT2D eigenvalue weighted by atomic mass is 35.5. The largest absolute Gasteiger partial charge is 0.495 e. The summed E-state index contributed by atoms with van der Waals surface area (Å²) < 4.78 is 5.40. The lowest BCUT2D eigenvalue weighted by atomic mass is 10.2. The third-order valence-electron chi connectivity index (χ3n) is 4.86. The van der Waals surface area contributed by atoms with Crippen molar-refractivity contribution in [2.45, 2.75) is 4.90 Å². The molecule has 3 aromatic rings. The van der Waals surface area contributed by atoms with Crippen molar-refractivity contribution in [3.63, 3.8) is 0 Å². The number of nitrogens with zero attached hydrogens (tertiary/aromatic N) is 2. The Morgan fingerprint density at radius 2 is 1.52 bits per heavy atom. The van der Waals surface area contributed by atoms with Crippen molar-refractivity contribution >= 4 is 46.6 Å². The van der Waals surface area contributed by atoms with E-state index in [1.54, 1.807) is 48.3 Å². The van der Waals surface area contributed by atoms with Crippen molar-refractivity contribution in [2.24, 2.45) is 0 Å². The van der Waals surface area contributed by atoms with E-state index < -0.39 is 11.8 Å². The van der Waals surface area contributed by atoms with Gasteiger partial charge in [0, 0.05) is 22.7 Å². The molecule has 0 saturated carbocycles. The predicted octanol–water partition coefficient (Wildman–Crippen LogP) is 5.36. The molecule has 7 heteroatoms. The van der Waals surface area contributed by atoms with Crippen LogP contribution in [-0.4, -0.2) is 26.0 Å². The van der Waals surface area contributed by atoms with Crippen molar-refractivity contribution in [2.75, 3.05) is 24.0 Å². The lowest BCUT2D eigenvalue weighted by molar-refractivity contribution is -0.120. The van der Waals surface area contributed by atoms with Gasteiger partial charge in [0.15, 0.2) is 0 Å². The Morgan fingerprint density at radius 3 is 2.19 bits per heavy atom. The predicted molar refractivity (Wildman–Crippen MR) is 125 cm³/mol. The van der Waals surface area contributed by atoms with Crippen LogP contribution in [0.3, 0.4) is 0 Å². The van der Waals surface area contributed by atoms with Crippen LogP contribution >= 0.6 is 23.4 Å². The number of carbonyl (C=O) groups excluding carboxylic acids is 2. The zero-order valence-corrected chi connectivity index (χ0v) is 18.5. The number of anilines is 2. The Morgan fingerprint density at radius 1 is 0.871 bits per heavy atom. The first-order valence-electron chi connectivity index (χ1n) is 9.49. The average molecular weight is 451 g/mol. The summed E-state index contributed by atoms with van der Waals surface area (Å²) in [7, 11) is 3.29. The molecule has 0 bridgehead atoms. The Bertz CT molecular complexity index is 1160. The maximum Gasteiger partial charge on any atom is 0.283 e. The van der Waals surface area contributed by atoms with Gasteiger partial charge >= 0.3 is 0 Å². The number of para-hydroxylation sites is 3. The van der Waals surface area contributed by atoms with Gasteiger partial charge in [0.05, 0.1) is 12.8 Å². The van der Waals surface area contributed by atoms with Gasteiger partial charge in [0.25, 0.3) is 11.8 Å². The van der Waals surface area contributed by atoms with Crippen LogP contribution in [0, 0.1) is 0 Å². The topological polar surface area (TPSA) is 49.9 Å². The van der Waals surface area contributed by atoms with Gasteiger partial charge in [-0.15, -0.1) is 0 Å². The van der Waals surface area contributed by atoms with Gasteiger partial charge in [0.1, 0.15) is 16.4 Å². The second kappa shape index (κ2) is 8.88. The van der Waals surface area contributed by atoms with Gasteiger partial charge in [-0.1, -0.05) is 53.7 Å². The second-order valence-electron chi connectivity index (χ2n) is 6.75. The van der Waals surface area contributed by atoms with Crippen LogP contribution in [0.2, 0.25) is 5.02 Å². The number of carbonyl (C=O) groups is 2. The maximum absolute atomic E-state index is 13.6. The molecule has 2 amide bonds. The molecule has 3 aromatic carbocycles. The Hall–Kier alpha value is -3.22. The summed E-state index contributed by atoms with van der Waals surface area (Å²) in [4.78, 5) is 31.2. The van der Waals surface area contributed by atoms with E-state index in [4.69, 9.17) is 16.3 Å². The van der Waals surface area contributed by atoms with Crippen molar-refractivity contribution in [3.05, 3.63) is 94.5 Å². The molecule has 0 saturated heterocycles. The van der Waals surface area contributed by atoms with Gasteiger partial charge in [-0.05, 0) is 48.5 Å². The van der Waals surface area contributed by atoms with Gasteiger partial charge < -0.3 is 9.64 Å². The first kappa shape index (κ1) is 21.0. The number of thioether (sulfide) groups is 1. The second-order valence-corrected chi connectivity index (χ2v) is 8.27. The third-order valence-corrected chi connectivity index (χ3v) is 6.19. The van der Waals surface area contributed by atoms with Crippen LogP contribution in [0.15, 0.2) is 94.4 Å². The first-order valence-corrected chi connectivity index (χ1v) is 10.7. The monoisotopic (exact) mass is 450 g/mol. The minimum absolute atomic E-state index is 0.307. The third kappa shape index (κ3) is 4.04. The molecule has 0 radical (unpaired) electrons. The molecule has 0 atom stereocenters. The number of amides is 2. The molecule has 0 N–H and O–H groups in total. The van der Waals surface area contributed by atoms with Crippen LogP contribution in [0.5, 0.6) is 5.75 Å². The molecule has 0 aromatic heterocycles. The zero-order chi connectivity index (χ0) is 22.0. The van der Waals surface area contributed by atoms with Crippen molar-refractivity contribution < 1.29 is 14.3 Å². The molecule has 1 aliphatic rings. The fraction of sp³-hybridized carbons (Fsp3) is 0.0833. The molecule has 5 nitrogen and oxygen atoms in total. The summed E-state index contributed by atoms with van der Waals surface area (Å²) in [6.45, 7) is 0. The quantitative estimate of drug-likeness (QED) is 0.473. The summed E-state index contributed by atoms with van der Waals surface area (Å²) >= 11 is 7.24. The number of benzene rings is 3. The fourth-order valence-corrected chi connectivity index (χ4v) is 4.45. The molecule has 156 valence electrons. The van der Waals surface area contributed by atoms with Crippen molar-refractivity contribution in [1.82, 2.24) is 0 Å². The number of rotatable bonds is 6. The number of ether oxygens (including phenoxy) is 1. The van der Waals surface area contributed by atoms with E-state index in [1.165, 1.54) is 23.8 Å². The molecular weight excluding hydrogens is 432 g/mol. The summed E-state index contributed by atoms with van der Waals surface area (Å²) in [6, 6.07) is 23.6. The molecule has 0 aliphatic carbocycles. The summed E-state index contributed by atoms with van der Waals surface area (Å²) in [6.07, 6.45) is 0. The number of halogens is 1. The Balaban J connectivity index is 1.81. The van der Waals surface area contributed by atoms with Gasteiger partial charge in [-0.3, -0.25) is 9.59 Å². The highest BCUT2D eigenvalue weighted by molar-refractivity contribution is 8.04. The van der Waals surface area contributed by atoms with E-state index >= 15 is 0 Å². The van der Waals surface area contributed by atoms with Crippen LogP contribution in [0.4, 0.5) is 11.4 Å². The zero-order valence-electron chi connectivity index (χ0n) is 16.9. The number of methoxy groups -OCH3 is 1.